The molecule has 0 bridgehead atoms. The van der Waals surface area contributed by atoms with E-state index >= 15 is 0 Å². The summed E-state index contributed by atoms with van der Waals surface area (Å²) in [7, 11) is 4.16. The van der Waals surface area contributed by atoms with Gasteiger partial charge in [-0.1, -0.05) is 6.92 Å². The summed E-state index contributed by atoms with van der Waals surface area (Å²) in [6.45, 7) is 8.50. The molecule has 0 unspecified atom stereocenters. The summed E-state index contributed by atoms with van der Waals surface area (Å²) in [4.78, 5) is 2.17. The van der Waals surface area contributed by atoms with E-state index in [0.29, 0.717) is 6.61 Å². The van der Waals surface area contributed by atoms with Crippen molar-refractivity contribution in [1.29, 1.82) is 0 Å². The zero-order valence-corrected chi connectivity index (χ0v) is 12.8. The summed E-state index contributed by atoms with van der Waals surface area (Å²) >= 11 is 0. The van der Waals surface area contributed by atoms with Crippen LogP contribution in [0.1, 0.15) is 36.8 Å². The zero-order chi connectivity index (χ0) is 14.1. The number of nitrogens with zero attached hydrogens (tertiary/aromatic N) is 1. The molecule has 0 spiro atoms. The number of ether oxygens (including phenoxy) is 1. The molecule has 4 heteroatoms. The molecule has 1 heterocycles. The minimum Gasteiger partial charge on any atom is -0.465 e. The molecule has 1 aromatic rings. The Hall–Kier alpha value is -0.840. The van der Waals surface area contributed by atoms with Crippen LogP contribution in [0.5, 0.6) is 0 Å². The topological polar surface area (TPSA) is 37.6 Å². The van der Waals surface area contributed by atoms with Crippen molar-refractivity contribution >= 4 is 0 Å². The molecule has 1 rings (SSSR count). The van der Waals surface area contributed by atoms with E-state index in [0.717, 1.165) is 56.2 Å². The van der Waals surface area contributed by atoms with Gasteiger partial charge in [-0.15, -0.1) is 0 Å². The molecule has 0 saturated heterocycles. The third-order valence-electron chi connectivity index (χ3n) is 2.95. The van der Waals surface area contributed by atoms with E-state index in [4.69, 9.17) is 9.15 Å². The Morgan fingerprint density at radius 2 is 2.16 bits per heavy atom. The predicted molar refractivity (Wildman–Crippen MR) is 78.3 cm³/mol. The molecule has 0 aliphatic heterocycles. The standard InChI is InChI=1S/C15H28N2O2/c1-5-7-16-11-15-10-14(13(2)19-15)12-18-9-6-8-17(3)4/h10,16H,5-9,11-12H2,1-4H3. The molecule has 4 nitrogen and oxygen atoms in total. The van der Waals surface area contributed by atoms with Crippen molar-refractivity contribution in [3.8, 4) is 0 Å². The number of rotatable bonds is 10. The van der Waals surface area contributed by atoms with Gasteiger partial charge in [-0.2, -0.15) is 0 Å². The lowest BCUT2D eigenvalue weighted by molar-refractivity contribution is 0.112. The van der Waals surface area contributed by atoms with Crippen LogP contribution in [-0.2, 0) is 17.9 Å². The molecule has 0 aromatic carbocycles. The molecule has 110 valence electrons. The zero-order valence-electron chi connectivity index (χ0n) is 12.8. The lowest BCUT2D eigenvalue weighted by Gasteiger charge is -2.09. The Morgan fingerprint density at radius 3 is 2.84 bits per heavy atom. The van der Waals surface area contributed by atoms with Crippen LogP contribution >= 0.6 is 0 Å². The number of aryl methyl sites for hydroxylation is 1. The first-order chi connectivity index (χ1) is 9.13. The molecule has 1 N–H and O–H groups in total. The number of nitrogens with one attached hydrogen (secondary N) is 1. The second kappa shape index (κ2) is 9.13. The first-order valence-electron chi connectivity index (χ1n) is 7.14. The van der Waals surface area contributed by atoms with Crippen LogP contribution in [-0.4, -0.2) is 38.7 Å². The summed E-state index contributed by atoms with van der Waals surface area (Å²) < 4.78 is 11.4. The van der Waals surface area contributed by atoms with Crippen molar-refractivity contribution in [1.82, 2.24) is 10.2 Å². The van der Waals surface area contributed by atoms with Crippen LogP contribution in [0.25, 0.3) is 0 Å². The third kappa shape index (κ3) is 6.76. The van der Waals surface area contributed by atoms with Crippen LogP contribution in [0.15, 0.2) is 10.5 Å². The summed E-state index contributed by atoms with van der Waals surface area (Å²) in [6, 6.07) is 2.10. The monoisotopic (exact) mass is 268 g/mol. The molecule has 0 atom stereocenters. The summed E-state index contributed by atoms with van der Waals surface area (Å²) in [5.74, 6) is 1.97. The molecule has 0 fully saturated rings. The maximum absolute atomic E-state index is 5.71. The maximum atomic E-state index is 5.71. The lowest BCUT2D eigenvalue weighted by atomic mass is 10.2. The highest BCUT2D eigenvalue weighted by Gasteiger charge is 2.07. The van der Waals surface area contributed by atoms with Gasteiger partial charge in [0.15, 0.2) is 0 Å². The van der Waals surface area contributed by atoms with Gasteiger partial charge < -0.3 is 19.4 Å². The molecular formula is C15H28N2O2. The fourth-order valence-electron chi connectivity index (χ4n) is 1.87. The van der Waals surface area contributed by atoms with Crippen LogP contribution < -0.4 is 5.32 Å². The Kier molecular flexibility index (Phi) is 7.79. The minimum atomic E-state index is 0.649. The SMILES string of the molecule is CCCNCc1cc(COCCCN(C)C)c(C)o1. The van der Waals surface area contributed by atoms with E-state index in [2.05, 4.69) is 37.3 Å². The van der Waals surface area contributed by atoms with Gasteiger partial charge in [0.1, 0.15) is 11.5 Å². The van der Waals surface area contributed by atoms with Crippen molar-refractivity contribution in [3.63, 3.8) is 0 Å². The average molecular weight is 268 g/mol. The van der Waals surface area contributed by atoms with Crippen molar-refractivity contribution in [3.05, 3.63) is 23.2 Å². The highest BCUT2D eigenvalue weighted by Crippen LogP contribution is 2.15. The van der Waals surface area contributed by atoms with Gasteiger partial charge in [-0.3, -0.25) is 0 Å². The molecule has 0 aliphatic carbocycles. The average Bonchev–Trinajstić information content (AvgIpc) is 2.70. The Balaban J connectivity index is 2.25. The van der Waals surface area contributed by atoms with E-state index < -0.39 is 0 Å². The van der Waals surface area contributed by atoms with E-state index in [9.17, 15) is 0 Å². The predicted octanol–water partition coefficient (Wildman–Crippen LogP) is 2.56. The van der Waals surface area contributed by atoms with Crippen LogP contribution in [0.3, 0.4) is 0 Å². The van der Waals surface area contributed by atoms with Gasteiger partial charge in [0, 0.05) is 12.2 Å². The van der Waals surface area contributed by atoms with Gasteiger partial charge in [0.05, 0.1) is 13.2 Å². The Labute approximate surface area is 117 Å². The van der Waals surface area contributed by atoms with Crippen LogP contribution in [0.4, 0.5) is 0 Å². The fourth-order valence-corrected chi connectivity index (χ4v) is 1.87. The summed E-state index contributed by atoms with van der Waals surface area (Å²) in [5.41, 5.74) is 1.16. The van der Waals surface area contributed by atoms with Crippen molar-refractivity contribution in [2.24, 2.45) is 0 Å². The lowest BCUT2D eigenvalue weighted by Crippen LogP contribution is -2.14. The van der Waals surface area contributed by atoms with Gasteiger partial charge in [-0.25, -0.2) is 0 Å². The smallest absolute Gasteiger partial charge is 0.118 e. The number of hydrogen-bond acceptors (Lipinski definition) is 4. The first kappa shape index (κ1) is 16.2. The van der Waals surface area contributed by atoms with Crippen molar-refractivity contribution in [2.75, 3.05) is 33.8 Å². The van der Waals surface area contributed by atoms with E-state index in [1.54, 1.807) is 0 Å². The van der Waals surface area contributed by atoms with Crippen LogP contribution in [0, 0.1) is 6.92 Å². The summed E-state index contributed by atoms with van der Waals surface area (Å²) in [6.07, 6.45) is 2.20. The first-order valence-corrected chi connectivity index (χ1v) is 7.14. The van der Waals surface area contributed by atoms with Crippen molar-refractivity contribution in [2.45, 2.75) is 39.8 Å². The number of furan rings is 1. The van der Waals surface area contributed by atoms with Crippen molar-refractivity contribution < 1.29 is 9.15 Å². The van der Waals surface area contributed by atoms with Gasteiger partial charge in [0.25, 0.3) is 0 Å². The molecular weight excluding hydrogens is 240 g/mol. The molecule has 0 aliphatic rings. The quantitative estimate of drug-likeness (QED) is 0.662. The van der Waals surface area contributed by atoms with Crippen LogP contribution in [0.2, 0.25) is 0 Å². The van der Waals surface area contributed by atoms with Gasteiger partial charge in [0.2, 0.25) is 0 Å². The molecule has 1 aromatic heterocycles. The highest BCUT2D eigenvalue weighted by atomic mass is 16.5. The van der Waals surface area contributed by atoms with Gasteiger partial charge in [-0.05, 0) is 53.0 Å². The highest BCUT2D eigenvalue weighted by molar-refractivity contribution is 5.19. The van der Waals surface area contributed by atoms with E-state index in [1.807, 2.05) is 6.92 Å². The normalized spacial score (nSPS) is 11.4. The minimum absolute atomic E-state index is 0.649. The molecule has 19 heavy (non-hydrogen) atoms. The molecule has 0 radical (unpaired) electrons. The maximum Gasteiger partial charge on any atom is 0.118 e. The second-order valence-corrected chi connectivity index (χ2v) is 5.18. The fraction of sp³-hybridized carbons (Fsp3) is 0.733. The Bertz CT molecular complexity index is 348. The number of hydrogen-bond donors (Lipinski definition) is 1. The Morgan fingerprint density at radius 1 is 1.37 bits per heavy atom. The second-order valence-electron chi connectivity index (χ2n) is 5.18. The van der Waals surface area contributed by atoms with E-state index in [1.165, 1.54) is 0 Å². The van der Waals surface area contributed by atoms with E-state index in [-0.39, 0.29) is 0 Å². The van der Waals surface area contributed by atoms with Gasteiger partial charge >= 0.3 is 0 Å². The molecule has 0 amide bonds. The molecule has 0 saturated carbocycles. The largest absolute Gasteiger partial charge is 0.465 e. The third-order valence-corrected chi connectivity index (χ3v) is 2.95. The summed E-state index contributed by atoms with van der Waals surface area (Å²) in [5, 5.41) is 3.34.